The van der Waals surface area contributed by atoms with E-state index in [0.717, 1.165) is 44.0 Å². The van der Waals surface area contributed by atoms with Gasteiger partial charge in [0.1, 0.15) is 33.3 Å². The number of aromatic nitrogens is 2. The third-order valence-electron chi connectivity index (χ3n) is 6.80. The van der Waals surface area contributed by atoms with Crippen molar-refractivity contribution in [3.63, 3.8) is 0 Å². The van der Waals surface area contributed by atoms with E-state index in [1.807, 2.05) is 30.3 Å². The Kier molecular flexibility index (Phi) is 12.4. The van der Waals surface area contributed by atoms with Crippen LogP contribution in [0.3, 0.4) is 0 Å². The number of carbonyl (C=O) groups is 4. The number of rotatable bonds is 10. The topological polar surface area (TPSA) is 125 Å². The number of hydrogen-bond acceptors (Lipinski definition) is 9. The standard InChI is InChI=1S/C18H15F2NO4.C17H12F2N2O2S/c1-25-18(24)12-7-15(19)14(16(20)8-12)9-13(22)10-21-17(23)11-5-3-2-4-6-11;1-23-17(22)11-7-13(18)12(14(19)8-11)9-15-20-21-16(24-15)10-5-3-2-4-6-10/h2-8H,9-10H2,1H3,(H,21,23);2-8H,9H2,1H3. The van der Waals surface area contributed by atoms with E-state index in [1.165, 1.54) is 11.3 Å². The fraction of sp³-hybridized carbons (Fsp3) is 0.143. The van der Waals surface area contributed by atoms with Crippen molar-refractivity contribution in [1.29, 1.82) is 0 Å². The third kappa shape index (κ3) is 9.64. The third-order valence-corrected chi connectivity index (χ3v) is 7.77. The number of nitrogens with zero attached hydrogens (tertiary/aromatic N) is 2. The predicted octanol–water partition coefficient (Wildman–Crippen LogP) is 6.15. The zero-order valence-electron chi connectivity index (χ0n) is 26.0. The van der Waals surface area contributed by atoms with Crippen LogP contribution in [0, 0.1) is 23.3 Å². The van der Waals surface area contributed by atoms with Gasteiger partial charge in [0.05, 0.1) is 31.9 Å². The number of halogens is 4. The average molecular weight is 694 g/mol. The molecule has 14 heteroatoms. The van der Waals surface area contributed by atoms with Crippen LogP contribution in [0.4, 0.5) is 17.6 Å². The van der Waals surface area contributed by atoms with Gasteiger partial charge in [0.2, 0.25) is 0 Å². The van der Waals surface area contributed by atoms with Crippen molar-refractivity contribution in [3.8, 4) is 10.6 Å². The highest BCUT2D eigenvalue weighted by Gasteiger charge is 2.20. The molecule has 0 bridgehead atoms. The minimum Gasteiger partial charge on any atom is -0.465 e. The molecule has 4 aromatic carbocycles. The van der Waals surface area contributed by atoms with Crippen molar-refractivity contribution < 1.29 is 46.2 Å². The maximum atomic E-state index is 14.1. The van der Waals surface area contributed by atoms with E-state index in [-0.39, 0.29) is 29.7 Å². The summed E-state index contributed by atoms with van der Waals surface area (Å²) in [5, 5.41) is 11.6. The lowest BCUT2D eigenvalue weighted by Gasteiger charge is -2.08. The van der Waals surface area contributed by atoms with E-state index in [0.29, 0.717) is 15.6 Å². The molecular formula is C35H27F4N3O6S. The fourth-order valence-electron chi connectivity index (χ4n) is 4.32. The average Bonchev–Trinajstić information content (AvgIpc) is 3.59. The quantitative estimate of drug-likeness (QED) is 0.136. The van der Waals surface area contributed by atoms with E-state index in [1.54, 1.807) is 30.3 Å². The molecule has 1 aromatic heterocycles. The fourth-order valence-corrected chi connectivity index (χ4v) is 5.18. The summed E-state index contributed by atoms with van der Waals surface area (Å²) in [5.41, 5.74) is 0.188. The Morgan fingerprint density at radius 2 is 1.16 bits per heavy atom. The second-order valence-electron chi connectivity index (χ2n) is 10.1. The molecule has 0 spiro atoms. The number of amides is 1. The molecule has 1 heterocycles. The van der Waals surface area contributed by atoms with Gasteiger partial charge in [-0.2, -0.15) is 0 Å². The van der Waals surface area contributed by atoms with Crippen molar-refractivity contribution in [2.45, 2.75) is 12.8 Å². The van der Waals surface area contributed by atoms with Crippen LogP contribution in [0.25, 0.3) is 10.6 Å². The van der Waals surface area contributed by atoms with Gasteiger partial charge in [-0.15, -0.1) is 10.2 Å². The summed E-state index contributed by atoms with van der Waals surface area (Å²) < 4.78 is 65.0. The molecule has 1 amide bonds. The Bertz CT molecular complexity index is 1930. The van der Waals surface area contributed by atoms with Crippen LogP contribution in [0.15, 0.2) is 84.9 Å². The monoisotopic (exact) mass is 693 g/mol. The minimum absolute atomic E-state index is 0.0381. The number of carbonyl (C=O) groups excluding carboxylic acids is 4. The molecule has 0 aliphatic rings. The summed E-state index contributed by atoms with van der Waals surface area (Å²) >= 11 is 1.27. The molecule has 0 aliphatic heterocycles. The predicted molar refractivity (Wildman–Crippen MR) is 171 cm³/mol. The first-order valence-corrected chi connectivity index (χ1v) is 15.2. The van der Waals surface area contributed by atoms with Crippen LogP contribution in [-0.4, -0.2) is 54.6 Å². The molecule has 0 atom stereocenters. The maximum absolute atomic E-state index is 14.1. The van der Waals surface area contributed by atoms with Gasteiger partial charge in [0.25, 0.3) is 5.91 Å². The van der Waals surface area contributed by atoms with Crippen molar-refractivity contribution in [3.05, 3.63) is 141 Å². The summed E-state index contributed by atoms with van der Waals surface area (Å²) in [6.45, 7) is -0.370. The Morgan fingerprint density at radius 3 is 1.67 bits per heavy atom. The van der Waals surface area contributed by atoms with Gasteiger partial charge in [0.15, 0.2) is 5.78 Å². The zero-order chi connectivity index (χ0) is 35.5. The number of hydrogen-bond donors (Lipinski definition) is 1. The lowest BCUT2D eigenvalue weighted by atomic mass is 10.0. The van der Waals surface area contributed by atoms with E-state index in [2.05, 4.69) is 25.0 Å². The normalized spacial score (nSPS) is 10.4. The second kappa shape index (κ2) is 16.9. The van der Waals surface area contributed by atoms with Crippen molar-refractivity contribution in [2.75, 3.05) is 20.8 Å². The van der Waals surface area contributed by atoms with Crippen molar-refractivity contribution >= 4 is 35.0 Å². The molecule has 0 aliphatic carbocycles. The lowest BCUT2D eigenvalue weighted by Crippen LogP contribution is -2.30. The number of benzene rings is 4. The van der Waals surface area contributed by atoms with Crippen LogP contribution < -0.4 is 5.32 Å². The van der Waals surface area contributed by atoms with E-state index in [4.69, 9.17) is 0 Å². The van der Waals surface area contributed by atoms with Crippen LogP contribution in [0.2, 0.25) is 0 Å². The molecule has 0 unspecified atom stereocenters. The Morgan fingerprint density at radius 1 is 0.673 bits per heavy atom. The van der Waals surface area contributed by atoms with Gasteiger partial charge >= 0.3 is 11.9 Å². The number of nitrogens with one attached hydrogen (secondary N) is 1. The number of ether oxygens (including phenoxy) is 2. The van der Waals surface area contributed by atoms with Gasteiger partial charge in [-0.05, 0) is 36.4 Å². The van der Waals surface area contributed by atoms with Gasteiger partial charge in [-0.3, -0.25) is 9.59 Å². The number of esters is 2. The van der Waals surface area contributed by atoms with Crippen LogP contribution in [-0.2, 0) is 27.1 Å². The molecule has 0 saturated heterocycles. The molecule has 1 N–H and O–H groups in total. The van der Waals surface area contributed by atoms with Crippen LogP contribution in [0.1, 0.15) is 47.2 Å². The van der Waals surface area contributed by atoms with Crippen molar-refractivity contribution in [2.24, 2.45) is 0 Å². The molecule has 5 rings (SSSR count). The van der Waals surface area contributed by atoms with Gasteiger partial charge in [-0.25, -0.2) is 27.2 Å². The van der Waals surface area contributed by atoms with Crippen LogP contribution >= 0.6 is 11.3 Å². The number of Topliss-reactive ketones (excluding diaryl/α,β-unsaturated/α-hetero) is 1. The first kappa shape index (κ1) is 36.1. The first-order valence-electron chi connectivity index (χ1n) is 14.4. The maximum Gasteiger partial charge on any atom is 0.338 e. The van der Waals surface area contributed by atoms with E-state index < -0.39 is 58.9 Å². The van der Waals surface area contributed by atoms with Crippen molar-refractivity contribution in [1.82, 2.24) is 15.5 Å². The molecule has 9 nitrogen and oxygen atoms in total. The Balaban J connectivity index is 0.000000221. The minimum atomic E-state index is -1.02. The molecule has 252 valence electrons. The van der Waals surface area contributed by atoms with Gasteiger partial charge in [-0.1, -0.05) is 59.9 Å². The summed E-state index contributed by atoms with van der Waals surface area (Å²) in [7, 11) is 2.24. The van der Waals surface area contributed by atoms with Crippen LogP contribution in [0.5, 0.6) is 0 Å². The highest BCUT2D eigenvalue weighted by molar-refractivity contribution is 7.14. The first-order chi connectivity index (χ1) is 23.5. The summed E-state index contributed by atoms with van der Waals surface area (Å²) in [6.07, 6.45) is -0.586. The second-order valence-corrected chi connectivity index (χ2v) is 11.2. The molecule has 0 saturated carbocycles. The van der Waals surface area contributed by atoms with Gasteiger partial charge < -0.3 is 14.8 Å². The highest BCUT2D eigenvalue weighted by atomic mass is 32.1. The van der Waals surface area contributed by atoms with Gasteiger partial charge in [0, 0.05) is 35.1 Å². The number of methoxy groups -OCH3 is 2. The summed E-state index contributed by atoms with van der Waals surface area (Å²) in [4.78, 5) is 46.4. The molecule has 49 heavy (non-hydrogen) atoms. The summed E-state index contributed by atoms with van der Waals surface area (Å²) in [6, 6.07) is 21.2. The molecule has 0 radical (unpaired) electrons. The molecule has 5 aromatic rings. The highest BCUT2D eigenvalue weighted by Crippen LogP contribution is 2.26. The zero-order valence-corrected chi connectivity index (χ0v) is 26.8. The molecular weight excluding hydrogens is 666 g/mol. The van der Waals surface area contributed by atoms with E-state index >= 15 is 0 Å². The number of ketones is 1. The van der Waals surface area contributed by atoms with E-state index in [9.17, 15) is 36.7 Å². The SMILES string of the molecule is COC(=O)c1cc(F)c(CC(=O)CNC(=O)c2ccccc2)c(F)c1.COC(=O)c1cc(F)c(Cc2nnc(-c3ccccc3)s2)c(F)c1. The Hall–Kier alpha value is -5.76. The molecule has 0 fully saturated rings. The lowest BCUT2D eigenvalue weighted by molar-refractivity contribution is -0.117. The smallest absolute Gasteiger partial charge is 0.338 e. The largest absolute Gasteiger partial charge is 0.465 e. The Labute approximate surface area is 281 Å². The summed E-state index contributed by atoms with van der Waals surface area (Å²) in [5.74, 6) is -6.39.